The van der Waals surface area contributed by atoms with E-state index in [0.717, 1.165) is 38.6 Å². The van der Waals surface area contributed by atoms with Gasteiger partial charge in [-0.2, -0.15) is 0 Å². The number of hydrogen-bond donors (Lipinski definition) is 1. The predicted molar refractivity (Wildman–Crippen MR) is 138 cm³/mol. The molecule has 0 aliphatic rings. The van der Waals surface area contributed by atoms with Crippen LogP contribution in [-0.4, -0.2) is 10.9 Å². The number of carbonyl (C=O) groups excluding carboxylic acids is 1. The number of benzene rings is 4. The normalized spacial score (nSPS) is 10.7. The van der Waals surface area contributed by atoms with Crippen LogP contribution in [0.1, 0.15) is 15.2 Å². The van der Waals surface area contributed by atoms with Gasteiger partial charge in [0.2, 0.25) is 0 Å². The van der Waals surface area contributed by atoms with E-state index in [4.69, 9.17) is 4.98 Å². The maximum Gasteiger partial charge on any atom is 0.255 e. The van der Waals surface area contributed by atoms with Crippen LogP contribution in [0.3, 0.4) is 0 Å². The molecule has 1 amide bonds. The van der Waals surface area contributed by atoms with Crippen LogP contribution in [0.5, 0.6) is 0 Å². The molecule has 160 valence electrons. The maximum atomic E-state index is 12.7. The molecule has 0 unspecified atom stereocenters. The van der Waals surface area contributed by atoms with Crippen LogP contribution in [0.15, 0.2) is 109 Å². The Bertz CT molecular complexity index is 1370. The first-order valence-electron chi connectivity index (χ1n) is 10.8. The second-order valence-corrected chi connectivity index (χ2v) is 8.97. The monoisotopic (exact) mass is 446 g/mol. The molecule has 0 saturated heterocycles. The third-order valence-electron chi connectivity index (χ3n) is 5.49. The van der Waals surface area contributed by atoms with Crippen molar-refractivity contribution in [3.63, 3.8) is 0 Å². The van der Waals surface area contributed by atoms with Gasteiger partial charge in [0.1, 0.15) is 5.01 Å². The zero-order valence-electron chi connectivity index (χ0n) is 18.2. The molecule has 0 spiro atoms. The van der Waals surface area contributed by atoms with Crippen molar-refractivity contribution >= 4 is 22.9 Å². The average molecular weight is 447 g/mol. The molecular formula is C29H22N2OS. The summed E-state index contributed by atoms with van der Waals surface area (Å²) in [6.45, 7) is 2.09. The summed E-state index contributed by atoms with van der Waals surface area (Å²) in [5, 5.41) is 4.00. The molecule has 4 heteroatoms. The summed E-state index contributed by atoms with van der Waals surface area (Å²) in [5.74, 6) is -0.126. The fourth-order valence-electron chi connectivity index (χ4n) is 3.73. The fraction of sp³-hybridized carbons (Fsp3) is 0.0345. The number of thiazole rings is 1. The van der Waals surface area contributed by atoms with Crippen molar-refractivity contribution in [1.82, 2.24) is 4.98 Å². The van der Waals surface area contributed by atoms with Crippen molar-refractivity contribution in [3.8, 4) is 33.0 Å². The summed E-state index contributed by atoms with van der Waals surface area (Å²) < 4.78 is 0. The van der Waals surface area contributed by atoms with Crippen molar-refractivity contribution in [1.29, 1.82) is 0 Å². The molecule has 1 N–H and O–H groups in total. The van der Waals surface area contributed by atoms with E-state index in [1.165, 1.54) is 4.88 Å². The summed E-state index contributed by atoms with van der Waals surface area (Å²) in [4.78, 5) is 18.7. The minimum absolute atomic E-state index is 0.126. The van der Waals surface area contributed by atoms with E-state index < -0.39 is 0 Å². The first-order chi connectivity index (χ1) is 16.2. The lowest BCUT2D eigenvalue weighted by atomic mass is 10.0. The molecule has 5 rings (SSSR count). The first kappa shape index (κ1) is 20.9. The van der Waals surface area contributed by atoms with E-state index >= 15 is 0 Å². The Labute approximate surface area is 197 Å². The van der Waals surface area contributed by atoms with Crippen LogP contribution in [0, 0.1) is 6.92 Å². The fourth-order valence-corrected chi connectivity index (χ4v) is 4.67. The molecule has 3 nitrogen and oxygen atoms in total. The third kappa shape index (κ3) is 4.61. The second-order valence-electron chi connectivity index (χ2n) is 7.76. The van der Waals surface area contributed by atoms with Crippen LogP contribution in [0.2, 0.25) is 0 Å². The molecule has 0 saturated carbocycles. The highest BCUT2D eigenvalue weighted by Gasteiger charge is 2.12. The molecule has 5 aromatic rings. The van der Waals surface area contributed by atoms with Gasteiger partial charge >= 0.3 is 0 Å². The lowest BCUT2D eigenvalue weighted by Crippen LogP contribution is -2.11. The van der Waals surface area contributed by atoms with Crippen molar-refractivity contribution in [2.24, 2.45) is 0 Å². The first-order valence-corrected chi connectivity index (χ1v) is 11.6. The number of rotatable bonds is 5. The van der Waals surface area contributed by atoms with Gasteiger partial charge < -0.3 is 5.32 Å². The van der Waals surface area contributed by atoms with Gasteiger partial charge in [0.15, 0.2) is 0 Å². The number of nitrogens with one attached hydrogen (secondary N) is 1. The van der Waals surface area contributed by atoms with E-state index in [0.29, 0.717) is 5.56 Å². The SMILES string of the molecule is Cc1sc(-c2ccccc2)nc1-c1ccc(NC(=O)c2ccc(-c3ccccc3)cc2)cc1. The van der Waals surface area contributed by atoms with Crippen LogP contribution >= 0.6 is 11.3 Å². The van der Waals surface area contributed by atoms with Gasteiger partial charge in [0, 0.05) is 27.3 Å². The molecule has 0 atom stereocenters. The quantitative estimate of drug-likeness (QED) is 0.300. The van der Waals surface area contributed by atoms with Gasteiger partial charge in [-0.3, -0.25) is 4.79 Å². The summed E-state index contributed by atoms with van der Waals surface area (Å²) in [6, 6.07) is 35.9. The number of anilines is 1. The highest BCUT2D eigenvalue weighted by atomic mass is 32.1. The number of carbonyl (C=O) groups is 1. The predicted octanol–water partition coefficient (Wildman–Crippen LogP) is 7.70. The molecule has 4 aromatic carbocycles. The Kier molecular flexibility index (Phi) is 5.83. The van der Waals surface area contributed by atoms with Crippen molar-refractivity contribution in [3.05, 3.63) is 120 Å². The van der Waals surface area contributed by atoms with E-state index in [2.05, 4.69) is 36.5 Å². The highest BCUT2D eigenvalue weighted by molar-refractivity contribution is 7.15. The van der Waals surface area contributed by atoms with E-state index in [-0.39, 0.29) is 5.91 Å². The lowest BCUT2D eigenvalue weighted by molar-refractivity contribution is 0.102. The Morgan fingerprint density at radius 2 is 1.21 bits per heavy atom. The van der Waals surface area contributed by atoms with Gasteiger partial charge in [0.25, 0.3) is 5.91 Å². The highest BCUT2D eigenvalue weighted by Crippen LogP contribution is 2.33. The van der Waals surface area contributed by atoms with Crippen molar-refractivity contribution in [2.75, 3.05) is 5.32 Å². The molecule has 0 fully saturated rings. The number of amides is 1. The standard InChI is InChI=1S/C29H22N2OS/c1-20-27(31-29(33-20)25-10-6-3-7-11-25)23-16-18-26(19-17-23)30-28(32)24-14-12-22(13-15-24)21-8-4-2-5-9-21/h2-19H,1H3,(H,30,32). The summed E-state index contributed by atoms with van der Waals surface area (Å²) in [5.41, 5.74) is 6.75. The minimum atomic E-state index is -0.126. The maximum absolute atomic E-state index is 12.7. The van der Waals surface area contributed by atoms with Gasteiger partial charge in [-0.1, -0.05) is 84.9 Å². The molecule has 0 radical (unpaired) electrons. The molecule has 0 aliphatic carbocycles. The molecule has 0 bridgehead atoms. The number of aromatic nitrogens is 1. The smallest absolute Gasteiger partial charge is 0.255 e. The Balaban J connectivity index is 1.29. The zero-order valence-corrected chi connectivity index (χ0v) is 19.0. The molecular weight excluding hydrogens is 424 g/mol. The Morgan fingerprint density at radius 1 is 0.667 bits per heavy atom. The molecule has 33 heavy (non-hydrogen) atoms. The van der Waals surface area contributed by atoms with Crippen LogP contribution in [-0.2, 0) is 0 Å². The topological polar surface area (TPSA) is 42.0 Å². The lowest BCUT2D eigenvalue weighted by Gasteiger charge is -2.08. The van der Waals surface area contributed by atoms with Crippen LogP contribution in [0.4, 0.5) is 5.69 Å². The van der Waals surface area contributed by atoms with E-state index in [1.807, 2.05) is 84.9 Å². The number of aryl methyl sites for hydroxylation is 1. The summed E-state index contributed by atoms with van der Waals surface area (Å²) in [6.07, 6.45) is 0. The number of nitrogens with zero attached hydrogens (tertiary/aromatic N) is 1. The number of hydrogen-bond acceptors (Lipinski definition) is 3. The average Bonchev–Trinajstić information content (AvgIpc) is 3.27. The van der Waals surface area contributed by atoms with Gasteiger partial charge in [-0.05, 0) is 42.3 Å². The van der Waals surface area contributed by atoms with E-state index in [1.54, 1.807) is 11.3 Å². The third-order valence-corrected chi connectivity index (χ3v) is 6.51. The molecule has 0 aliphatic heterocycles. The van der Waals surface area contributed by atoms with Gasteiger partial charge in [0.05, 0.1) is 5.69 Å². The van der Waals surface area contributed by atoms with Crippen molar-refractivity contribution < 1.29 is 4.79 Å². The second kappa shape index (κ2) is 9.23. The molecule has 1 heterocycles. The van der Waals surface area contributed by atoms with Crippen LogP contribution < -0.4 is 5.32 Å². The molecule has 1 aromatic heterocycles. The summed E-state index contributed by atoms with van der Waals surface area (Å²) >= 11 is 1.69. The summed E-state index contributed by atoms with van der Waals surface area (Å²) in [7, 11) is 0. The van der Waals surface area contributed by atoms with Crippen LogP contribution in [0.25, 0.3) is 33.0 Å². The van der Waals surface area contributed by atoms with Gasteiger partial charge in [-0.25, -0.2) is 4.98 Å². The largest absolute Gasteiger partial charge is 0.322 e. The minimum Gasteiger partial charge on any atom is -0.322 e. The van der Waals surface area contributed by atoms with Gasteiger partial charge in [-0.15, -0.1) is 11.3 Å². The zero-order chi connectivity index (χ0) is 22.6. The Morgan fingerprint density at radius 3 is 1.85 bits per heavy atom. The Hall–Kier alpha value is -4.02. The van der Waals surface area contributed by atoms with Crippen molar-refractivity contribution in [2.45, 2.75) is 6.92 Å². The van der Waals surface area contributed by atoms with E-state index in [9.17, 15) is 4.79 Å².